The predicted octanol–water partition coefficient (Wildman–Crippen LogP) is -3.71. The molecule has 0 aromatic rings. The topological polar surface area (TPSA) is 69.2 Å². The van der Waals surface area contributed by atoms with Crippen molar-refractivity contribution >= 4 is 11.9 Å². The summed E-state index contributed by atoms with van der Waals surface area (Å²) in [5.41, 5.74) is 0. The Bertz CT molecular complexity index is 182. The number of carbonyl (C=O) groups excluding carboxylic acids is 2. The van der Waals surface area contributed by atoms with E-state index in [9.17, 15) is 14.7 Å². The first-order valence-electron chi connectivity index (χ1n) is 3.91. The predicted molar refractivity (Wildman–Crippen MR) is 42.1 cm³/mol. The fourth-order valence-electron chi connectivity index (χ4n) is 0.931. The molecular formula is C8H14CsNO3. The molecule has 0 bridgehead atoms. The Morgan fingerprint density at radius 1 is 1.38 bits per heavy atom. The minimum atomic E-state index is -1.22. The standard InChI is InChI=1S/C8H15NO3.Cs/c1-5(2)4-7(8(11)12)9-6(3)10;/h5,7H,4H2,1-3H3,(H,9,10)(H,11,12);/q;+1/p-1/t7-;/m0./s1. The molecule has 1 amide bonds. The van der Waals surface area contributed by atoms with Gasteiger partial charge in [-0.2, -0.15) is 0 Å². The molecule has 0 rings (SSSR count). The molecule has 5 heteroatoms. The first-order chi connectivity index (χ1) is 5.43. The molecule has 70 valence electrons. The van der Waals surface area contributed by atoms with Crippen LogP contribution in [0.25, 0.3) is 0 Å². The number of aliphatic carboxylic acids is 1. The molecule has 0 spiro atoms. The van der Waals surface area contributed by atoms with E-state index in [0.717, 1.165) is 0 Å². The van der Waals surface area contributed by atoms with Crippen molar-refractivity contribution in [2.45, 2.75) is 33.2 Å². The average Bonchev–Trinajstić information content (AvgIpc) is 1.83. The van der Waals surface area contributed by atoms with Crippen molar-refractivity contribution in [1.82, 2.24) is 5.32 Å². The number of nitrogens with one attached hydrogen (secondary N) is 1. The molecule has 0 aliphatic rings. The second kappa shape index (κ2) is 8.31. The molecule has 0 saturated carbocycles. The maximum Gasteiger partial charge on any atom is 1.00 e. The number of rotatable bonds is 4. The van der Waals surface area contributed by atoms with Crippen LogP contribution >= 0.6 is 0 Å². The minimum Gasteiger partial charge on any atom is -0.548 e. The molecule has 0 aliphatic heterocycles. The van der Waals surface area contributed by atoms with Crippen molar-refractivity contribution in [1.29, 1.82) is 0 Å². The smallest absolute Gasteiger partial charge is 0.548 e. The van der Waals surface area contributed by atoms with Gasteiger partial charge in [0.25, 0.3) is 0 Å². The largest absolute Gasteiger partial charge is 1.00 e. The van der Waals surface area contributed by atoms with Gasteiger partial charge >= 0.3 is 68.9 Å². The van der Waals surface area contributed by atoms with Crippen molar-refractivity contribution < 1.29 is 83.6 Å². The van der Waals surface area contributed by atoms with Gasteiger partial charge in [0.1, 0.15) is 0 Å². The molecule has 0 heterocycles. The summed E-state index contributed by atoms with van der Waals surface area (Å²) in [4.78, 5) is 21.0. The van der Waals surface area contributed by atoms with Gasteiger partial charge in [0.05, 0.1) is 12.0 Å². The number of hydrogen-bond acceptors (Lipinski definition) is 3. The van der Waals surface area contributed by atoms with E-state index in [1.165, 1.54) is 6.92 Å². The van der Waals surface area contributed by atoms with E-state index in [-0.39, 0.29) is 80.7 Å². The van der Waals surface area contributed by atoms with E-state index >= 15 is 0 Å². The number of hydrogen-bond donors (Lipinski definition) is 1. The van der Waals surface area contributed by atoms with Crippen molar-refractivity contribution in [2.24, 2.45) is 5.92 Å². The number of carboxylic acid groups (broad SMARTS) is 1. The quantitative estimate of drug-likeness (QED) is 0.581. The van der Waals surface area contributed by atoms with Crippen LogP contribution in [0.3, 0.4) is 0 Å². The molecule has 0 fully saturated rings. The normalized spacial score (nSPS) is 11.7. The van der Waals surface area contributed by atoms with Gasteiger partial charge in [-0.1, -0.05) is 13.8 Å². The Morgan fingerprint density at radius 3 is 2.08 bits per heavy atom. The zero-order valence-corrected chi connectivity index (χ0v) is 14.9. The molecule has 0 unspecified atom stereocenters. The summed E-state index contributed by atoms with van der Waals surface area (Å²) in [7, 11) is 0. The van der Waals surface area contributed by atoms with Gasteiger partial charge < -0.3 is 15.2 Å². The van der Waals surface area contributed by atoms with E-state index in [2.05, 4.69) is 5.32 Å². The number of amides is 1. The van der Waals surface area contributed by atoms with Gasteiger partial charge in [-0.3, -0.25) is 4.79 Å². The third-order valence-electron chi connectivity index (χ3n) is 1.37. The van der Waals surface area contributed by atoms with Crippen LogP contribution in [0.15, 0.2) is 0 Å². The molecule has 0 aromatic carbocycles. The summed E-state index contributed by atoms with van der Waals surface area (Å²) in [6, 6.07) is -0.859. The van der Waals surface area contributed by atoms with Crippen LogP contribution in [0.2, 0.25) is 0 Å². The van der Waals surface area contributed by atoms with E-state index in [0.29, 0.717) is 6.42 Å². The van der Waals surface area contributed by atoms with Gasteiger partial charge in [0, 0.05) is 6.92 Å². The van der Waals surface area contributed by atoms with Gasteiger partial charge in [-0.05, 0) is 12.3 Å². The third kappa shape index (κ3) is 9.30. The van der Waals surface area contributed by atoms with Crippen LogP contribution in [-0.2, 0) is 9.59 Å². The van der Waals surface area contributed by atoms with Crippen LogP contribution < -0.4 is 79.3 Å². The Labute approximate surface area is 137 Å². The summed E-state index contributed by atoms with van der Waals surface area (Å²) in [5, 5.41) is 12.8. The zero-order valence-electron chi connectivity index (χ0n) is 8.59. The zero-order chi connectivity index (χ0) is 9.72. The minimum absolute atomic E-state index is 0. The Kier molecular flexibility index (Phi) is 10.5. The summed E-state index contributed by atoms with van der Waals surface area (Å²) >= 11 is 0. The van der Waals surface area contributed by atoms with Gasteiger partial charge in [-0.15, -0.1) is 0 Å². The second-order valence-corrected chi connectivity index (χ2v) is 3.20. The first-order valence-corrected chi connectivity index (χ1v) is 3.91. The maximum absolute atomic E-state index is 10.5. The fraction of sp³-hybridized carbons (Fsp3) is 0.750. The van der Waals surface area contributed by atoms with Crippen LogP contribution in [0.5, 0.6) is 0 Å². The Balaban J connectivity index is 0. The molecular weight excluding hydrogens is 291 g/mol. The summed E-state index contributed by atoms with van der Waals surface area (Å²) in [6.45, 7) is 5.06. The van der Waals surface area contributed by atoms with Crippen LogP contribution in [0.1, 0.15) is 27.2 Å². The van der Waals surface area contributed by atoms with E-state index in [1.807, 2.05) is 13.8 Å². The van der Waals surface area contributed by atoms with Crippen molar-refractivity contribution in [3.05, 3.63) is 0 Å². The number of carboxylic acids is 1. The summed E-state index contributed by atoms with van der Waals surface area (Å²) in [6.07, 6.45) is 0.405. The fourth-order valence-corrected chi connectivity index (χ4v) is 0.931. The monoisotopic (exact) mass is 305 g/mol. The van der Waals surface area contributed by atoms with E-state index < -0.39 is 12.0 Å². The second-order valence-electron chi connectivity index (χ2n) is 3.20. The van der Waals surface area contributed by atoms with Crippen LogP contribution in [0.4, 0.5) is 0 Å². The average molecular weight is 305 g/mol. The number of carbonyl (C=O) groups is 2. The summed E-state index contributed by atoms with van der Waals surface area (Å²) in [5.74, 6) is -1.34. The third-order valence-corrected chi connectivity index (χ3v) is 1.37. The molecule has 1 N–H and O–H groups in total. The Hall–Kier alpha value is 0.992. The Morgan fingerprint density at radius 2 is 1.85 bits per heavy atom. The van der Waals surface area contributed by atoms with E-state index in [1.54, 1.807) is 0 Å². The molecule has 1 atom stereocenters. The van der Waals surface area contributed by atoms with Gasteiger partial charge in [-0.25, -0.2) is 0 Å². The van der Waals surface area contributed by atoms with Gasteiger partial charge in [0.15, 0.2) is 0 Å². The van der Waals surface area contributed by atoms with Crippen LogP contribution in [0, 0.1) is 5.92 Å². The SMILES string of the molecule is CC(=O)N[C@@H](CC(C)C)C(=O)[O-].[Cs+]. The molecule has 0 aromatic heterocycles. The molecule has 4 nitrogen and oxygen atoms in total. The van der Waals surface area contributed by atoms with Crippen molar-refractivity contribution in [2.75, 3.05) is 0 Å². The first kappa shape index (κ1) is 16.4. The molecule has 0 radical (unpaired) electrons. The summed E-state index contributed by atoms with van der Waals surface area (Å²) < 4.78 is 0. The van der Waals surface area contributed by atoms with Crippen LogP contribution in [-0.4, -0.2) is 17.9 Å². The van der Waals surface area contributed by atoms with E-state index in [4.69, 9.17) is 0 Å². The molecule has 0 aliphatic carbocycles. The molecule has 13 heavy (non-hydrogen) atoms. The van der Waals surface area contributed by atoms with Crippen molar-refractivity contribution in [3.8, 4) is 0 Å². The maximum atomic E-state index is 10.5. The molecule has 0 saturated heterocycles. The van der Waals surface area contributed by atoms with Crippen molar-refractivity contribution in [3.63, 3.8) is 0 Å². The van der Waals surface area contributed by atoms with Gasteiger partial charge in [0.2, 0.25) is 5.91 Å².